The zero-order valence-electron chi connectivity index (χ0n) is 10.8. The Kier molecular flexibility index (Phi) is 3.82. The van der Waals surface area contributed by atoms with E-state index in [4.69, 9.17) is 4.98 Å². The molecule has 5 heteroatoms. The largest absolute Gasteiger partial charge is 0.391 e. The minimum Gasteiger partial charge on any atom is -0.391 e. The van der Waals surface area contributed by atoms with Crippen LogP contribution in [0, 0.1) is 0 Å². The summed E-state index contributed by atoms with van der Waals surface area (Å²) in [6.45, 7) is 2.40. The third-order valence-corrected chi connectivity index (χ3v) is 6.12. The highest BCUT2D eigenvalue weighted by Gasteiger charge is 2.31. The first-order valence-electron chi connectivity index (χ1n) is 6.70. The molecule has 100 valence electrons. The molecular weight excluding hydrogens is 264 g/mol. The Morgan fingerprint density at radius 3 is 2.61 bits per heavy atom. The first-order valence-corrected chi connectivity index (χ1v) is 8.80. The summed E-state index contributed by atoms with van der Waals surface area (Å²) < 4.78 is 0. The molecular formula is C13H20N2OS2. The molecule has 2 aliphatic rings. The number of thioether (sulfide) groups is 1. The van der Waals surface area contributed by atoms with Crippen LogP contribution in [0.3, 0.4) is 0 Å². The van der Waals surface area contributed by atoms with Crippen LogP contribution in [-0.4, -0.2) is 34.7 Å². The number of hydrogen-bond acceptors (Lipinski definition) is 5. The molecule has 0 atom stereocenters. The molecule has 1 aromatic rings. The molecule has 0 radical (unpaired) electrons. The van der Waals surface area contributed by atoms with Gasteiger partial charge in [0.1, 0.15) is 0 Å². The predicted octanol–water partition coefficient (Wildman–Crippen LogP) is 2.84. The average molecular weight is 284 g/mol. The van der Waals surface area contributed by atoms with E-state index >= 15 is 0 Å². The quantitative estimate of drug-likeness (QED) is 0.922. The van der Waals surface area contributed by atoms with Gasteiger partial charge < -0.3 is 10.0 Å². The van der Waals surface area contributed by atoms with E-state index in [1.165, 1.54) is 31.4 Å². The van der Waals surface area contributed by atoms with Gasteiger partial charge in [0, 0.05) is 24.3 Å². The third kappa shape index (κ3) is 2.53. The Morgan fingerprint density at radius 2 is 2.06 bits per heavy atom. The highest BCUT2D eigenvalue weighted by molar-refractivity contribution is 7.99. The second-order valence-corrected chi connectivity index (χ2v) is 7.36. The molecule has 18 heavy (non-hydrogen) atoms. The summed E-state index contributed by atoms with van der Waals surface area (Å²) in [5.74, 6) is 0.640. The second-order valence-electron chi connectivity index (χ2n) is 5.16. The van der Waals surface area contributed by atoms with Crippen molar-refractivity contribution in [3.63, 3.8) is 0 Å². The standard InChI is InChI=1S/C13H20N2OS2/c1-17-10-4-6-15(7-5-10)13-14-12(9-2-3-9)11(8-16)18-13/h9-10,16H,2-8H2,1H3. The third-order valence-electron chi connectivity index (χ3n) is 3.87. The number of anilines is 1. The van der Waals surface area contributed by atoms with Crippen molar-refractivity contribution in [1.29, 1.82) is 0 Å². The monoisotopic (exact) mass is 284 g/mol. The van der Waals surface area contributed by atoms with Gasteiger partial charge in [0.25, 0.3) is 0 Å². The van der Waals surface area contributed by atoms with Gasteiger partial charge in [-0.15, -0.1) is 0 Å². The molecule has 1 saturated heterocycles. The number of thiazole rings is 1. The Bertz CT molecular complexity index is 409. The molecule has 0 aromatic carbocycles. The van der Waals surface area contributed by atoms with Crippen LogP contribution in [0.15, 0.2) is 0 Å². The summed E-state index contributed by atoms with van der Waals surface area (Å²) in [6.07, 6.45) is 7.23. The van der Waals surface area contributed by atoms with E-state index in [-0.39, 0.29) is 6.61 Å². The van der Waals surface area contributed by atoms with Gasteiger partial charge in [-0.1, -0.05) is 11.3 Å². The van der Waals surface area contributed by atoms with Crippen LogP contribution in [-0.2, 0) is 6.61 Å². The Labute approximate surface area is 117 Å². The first-order chi connectivity index (χ1) is 8.81. The van der Waals surface area contributed by atoms with Gasteiger partial charge in [-0.2, -0.15) is 11.8 Å². The van der Waals surface area contributed by atoms with Gasteiger partial charge in [0.05, 0.1) is 17.2 Å². The van der Waals surface area contributed by atoms with Crippen LogP contribution in [0.1, 0.15) is 42.2 Å². The second kappa shape index (κ2) is 5.39. The molecule has 0 unspecified atom stereocenters. The van der Waals surface area contributed by atoms with Gasteiger partial charge in [-0.3, -0.25) is 0 Å². The fourth-order valence-electron chi connectivity index (χ4n) is 2.56. The van der Waals surface area contributed by atoms with Crippen molar-refractivity contribution in [1.82, 2.24) is 4.98 Å². The van der Waals surface area contributed by atoms with Crippen LogP contribution in [0.2, 0.25) is 0 Å². The number of aliphatic hydroxyl groups is 1. The molecule has 0 bridgehead atoms. The van der Waals surface area contributed by atoms with Crippen LogP contribution in [0.4, 0.5) is 5.13 Å². The van der Waals surface area contributed by atoms with Gasteiger partial charge in [-0.25, -0.2) is 4.98 Å². The first kappa shape index (κ1) is 12.8. The number of aromatic nitrogens is 1. The van der Waals surface area contributed by atoms with E-state index in [9.17, 15) is 5.11 Å². The number of hydrogen-bond donors (Lipinski definition) is 1. The molecule has 1 aliphatic carbocycles. The minimum absolute atomic E-state index is 0.158. The van der Waals surface area contributed by atoms with Crippen molar-refractivity contribution < 1.29 is 5.11 Å². The topological polar surface area (TPSA) is 36.4 Å². The maximum absolute atomic E-state index is 9.44. The maximum Gasteiger partial charge on any atom is 0.185 e. The zero-order chi connectivity index (χ0) is 12.5. The lowest BCUT2D eigenvalue weighted by atomic mass is 10.1. The Balaban J connectivity index is 1.72. The minimum atomic E-state index is 0.158. The molecule has 2 fully saturated rings. The van der Waals surface area contributed by atoms with Gasteiger partial charge in [0.15, 0.2) is 5.13 Å². The summed E-state index contributed by atoms with van der Waals surface area (Å²) in [5.41, 5.74) is 1.18. The lowest BCUT2D eigenvalue weighted by Gasteiger charge is -2.30. The number of aliphatic hydroxyl groups excluding tert-OH is 1. The van der Waals surface area contributed by atoms with Gasteiger partial charge in [-0.05, 0) is 31.9 Å². The summed E-state index contributed by atoms with van der Waals surface area (Å²) in [5, 5.41) is 11.4. The highest BCUT2D eigenvalue weighted by atomic mass is 32.2. The van der Waals surface area contributed by atoms with Crippen molar-refractivity contribution in [2.24, 2.45) is 0 Å². The van der Waals surface area contributed by atoms with E-state index in [0.29, 0.717) is 5.92 Å². The number of piperidine rings is 1. The summed E-state index contributed by atoms with van der Waals surface area (Å²) in [6, 6.07) is 0. The van der Waals surface area contributed by atoms with Gasteiger partial charge in [0.2, 0.25) is 0 Å². The number of nitrogens with zero attached hydrogens (tertiary/aromatic N) is 2. The van der Waals surface area contributed by atoms with E-state index in [2.05, 4.69) is 11.2 Å². The van der Waals surface area contributed by atoms with Gasteiger partial charge >= 0.3 is 0 Å². The fraction of sp³-hybridized carbons (Fsp3) is 0.769. The SMILES string of the molecule is CSC1CCN(c2nc(C3CC3)c(CO)s2)CC1. The molecule has 0 amide bonds. The zero-order valence-corrected chi connectivity index (χ0v) is 12.4. The van der Waals surface area contributed by atoms with Crippen LogP contribution < -0.4 is 4.90 Å². The van der Waals surface area contributed by atoms with E-state index in [1.807, 2.05) is 11.8 Å². The van der Waals surface area contributed by atoms with Crippen molar-refractivity contribution >= 4 is 28.2 Å². The molecule has 1 aromatic heterocycles. The van der Waals surface area contributed by atoms with Crippen molar-refractivity contribution in [3.05, 3.63) is 10.6 Å². The molecule has 3 rings (SSSR count). The normalized spacial score (nSPS) is 21.6. The fourth-order valence-corrected chi connectivity index (χ4v) is 4.30. The van der Waals surface area contributed by atoms with Crippen LogP contribution >= 0.6 is 23.1 Å². The summed E-state index contributed by atoms with van der Waals surface area (Å²) >= 11 is 3.69. The maximum atomic E-state index is 9.44. The molecule has 3 nitrogen and oxygen atoms in total. The predicted molar refractivity (Wildman–Crippen MR) is 78.8 cm³/mol. The molecule has 1 saturated carbocycles. The van der Waals surface area contributed by atoms with Crippen molar-refractivity contribution in [3.8, 4) is 0 Å². The van der Waals surface area contributed by atoms with E-state index in [0.717, 1.165) is 28.3 Å². The van der Waals surface area contributed by atoms with Crippen molar-refractivity contribution in [2.75, 3.05) is 24.2 Å². The number of rotatable bonds is 4. The Morgan fingerprint density at radius 1 is 1.33 bits per heavy atom. The molecule has 1 aliphatic heterocycles. The smallest absolute Gasteiger partial charge is 0.185 e. The summed E-state index contributed by atoms with van der Waals surface area (Å²) in [4.78, 5) is 8.30. The van der Waals surface area contributed by atoms with E-state index in [1.54, 1.807) is 11.3 Å². The molecule has 0 spiro atoms. The average Bonchev–Trinajstić information content (AvgIpc) is 3.18. The molecule has 2 heterocycles. The van der Waals surface area contributed by atoms with Crippen LogP contribution in [0.25, 0.3) is 0 Å². The lowest BCUT2D eigenvalue weighted by Crippen LogP contribution is -2.34. The van der Waals surface area contributed by atoms with E-state index < -0.39 is 0 Å². The van der Waals surface area contributed by atoms with Crippen molar-refractivity contribution in [2.45, 2.75) is 43.5 Å². The van der Waals surface area contributed by atoms with Crippen LogP contribution in [0.5, 0.6) is 0 Å². The summed E-state index contributed by atoms with van der Waals surface area (Å²) in [7, 11) is 0. The lowest BCUT2D eigenvalue weighted by molar-refractivity contribution is 0.284. The Hall–Kier alpha value is -0.260. The molecule has 1 N–H and O–H groups in total. The highest BCUT2D eigenvalue weighted by Crippen LogP contribution is 2.44.